The van der Waals surface area contributed by atoms with Crippen molar-refractivity contribution in [3.8, 4) is 17.6 Å². The number of aliphatic carboxylic acids is 1. The van der Waals surface area contributed by atoms with Crippen LogP contribution in [0.15, 0.2) is 48.0 Å². The molecular formula is C20H16ClN2O5-. The van der Waals surface area contributed by atoms with Gasteiger partial charge in [-0.15, -0.1) is 0 Å². The van der Waals surface area contributed by atoms with Gasteiger partial charge in [-0.2, -0.15) is 5.26 Å². The average molecular weight is 400 g/mol. The Hall–Kier alpha value is -3.50. The monoisotopic (exact) mass is 399 g/mol. The minimum atomic E-state index is -1.36. The lowest BCUT2D eigenvalue weighted by Crippen LogP contribution is -2.29. The second-order valence-electron chi connectivity index (χ2n) is 5.43. The van der Waals surface area contributed by atoms with Crippen LogP contribution in [-0.2, 0) is 9.59 Å². The van der Waals surface area contributed by atoms with Crippen molar-refractivity contribution in [2.75, 3.05) is 18.5 Å². The summed E-state index contributed by atoms with van der Waals surface area (Å²) < 4.78 is 10.5. The number of carbonyl (C=O) groups excluding carboxylic acids is 2. The predicted molar refractivity (Wildman–Crippen MR) is 102 cm³/mol. The Morgan fingerprint density at radius 1 is 1.18 bits per heavy atom. The molecular weight excluding hydrogens is 384 g/mol. The number of carbonyl (C=O) groups is 2. The molecule has 1 amide bonds. The Morgan fingerprint density at radius 2 is 1.89 bits per heavy atom. The Kier molecular flexibility index (Phi) is 7.43. The number of amides is 1. The van der Waals surface area contributed by atoms with Gasteiger partial charge in [0, 0.05) is 10.7 Å². The van der Waals surface area contributed by atoms with Crippen LogP contribution in [0.3, 0.4) is 0 Å². The van der Waals surface area contributed by atoms with Crippen molar-refractivity contribution < 1.29 is 24.2 Å². The fraction of sp³-hybridized carbons (Fsp3) is 0.150. The highest BCUT2D eigenvalue weighted by Crippen LogP contribution is 2.29. The normalized spacial score (nSPS) is 10.7. The first-order chi connectivity index (χ1) is 13.4. The fourth-order valence-corrected chi connectivity index (χ4v) is 2.31. The number of halogens is 1. The van der Waals surface area contributed by atoms with E-state index in [1.165, 1.54) is 12.1 Å². The lowest BCUT2D eigenvalue weighted by Gasteiger charge is -2.13. The van der Waals surface area contributed by atoms with E-state index in [9.17, 15) is 20.0 Å². The van der Waals surface area contributed by atoms with Gasteiger partial charge in [0.2, 0.25) is 0 Å². The Morgan fingerprint density at radius 3 is 2.50 bits per heavy atom. The quantitative estimate of drug-likeness (QED) is 0.539. The molecule has 0 aliphatic heterocycles. The van der Waals surface area contributed by atoms with Crippen LogP contribution >= 0.6 is 11.6 Å². The number of rotatable bonds is 8. The van der Waals surface area contributed by atoms with Gasteiger partial charge in [-0.05, 0) is 55.0 Å². The van der Waals surface area contributed by atoms with E-state index in [-0.39, 0.29) is 17.1 Å². The minimum absolute atomic E-state index is 0.124. The largest absolute Gasteiger partial charge is 0.546 e. The molecule has 0 spiro atoms. The van der Waals surface area contributed by atoms with Crippen molar-refractivity contribution in [2.24, 2.45) is 0 Å². The molecule has 8 heteroatoms. The maximum atomic E-state index is 12.3. The highest BCUT2D eigenvalue weighted by atomic mass is 35.5. The van der Waals surface area contributed by atoms with Gasteiger partial charge in [-0.1, -0.05) is 17.7 Å². The van der Waals surface area contributed by atoms with Crippen LogP contribution < -0.4 is 19.9 Å². The number of nitrogens with one attached hydrogen (secondary N) is 1. The molecule has 2 aromatic rings. The first kappa shape index (κ1) is 20.8. The van der Waals surface area contributed by atoms with Crippen LogP contribution in [-0.4, -0.2) is 25.1 Å². The van der Waals surface area contributed by atoms with Crippen LogP contribution in [0.2, 0.25) is 5.02 Å². The molecule has 0 saturated carbocycles. The zero-order valence-electron chi connectivity index (χ0n) is 14.9. The maximum Gasteiger partial charge on any atom is 0.266 e. The van der Waals surface area contributed by atoms with Crippen molar-refractivity contribution >= 4 is 35.2 Å². The summed E-state index contributed by atoms with van der Waals surface area (Å²) in [5, 5.41) is 23.0. The summed E-state index contributed by atoms with van der Waals surface area (Å²) in [7, 11) is 0. The second-order valence-corrected chi connectivity index (χ2v) is 5.87. The number of carboxylic acid groups (broad SMARTS) is 1. The zero-order chi connectivity index (χ0) is 20.5. The highest BCUT2D eigenvalue weighted by Gasteiger charge is 2.11. The van der Waals surface area contributed by atoms with Gasteiger partial charge >= 0.3 is 0 Å². The van der Waals surface area contributed by atoms with Crippen molar-refractivity contribution in [3.63, 3.8) is 0 Å². The molecule has 0 aliphatic rings. The summed E-state index contributed by atoms with van der Waals surface area (Å²) >= 11 is 5.80. The SMILES string of the molecule is CCOc1cc(/C=C(/C#N)C(=O)Nc2ccc(Cl)cc2)ccc1OCC(=O)[O-]. The fourth-order valence-electron chi connectivity index (χ4n) is 2.19. The molecule has 0 unspecified atom stereocenters. The lowest BCUT2D eigenvalue weighted by molar-refractivity contribution is -0.307. The molecule has 0 atom stereocenters. The molecule has 28 heavy (non-hydrogen) atoms. The smallest absolute Gasteiger partial charge is 0.266 e. The summed E-state index contributed by atoms with van der Waals surface area (Å²) in [5.41, 5.74) is 0.879. The number of hydrogen-bond donors (Lipinski definition) is 1. The van der Waals surface area contributed by atoms with Gasteiger partial charge in [0.25, 0.3) is 5.91 Å². The summed E-state index contributed by atoms with van der Waals surface area (Å²) in [6, 6.07) is 12.9. The van der Waals surface area contributed by atoms with Crippen LogP contribution in [0.1, 0.15) is 12.5 Å². The molecule has 0 aliphatic carbocycles. The molecule has 0 aromatic heterocycles. The third-order valence-electron chi connectivity index (χ3n) is 3.39. The van der Waals surface area contributed by atoms with E-state index in [1.807, 2.05) is 6.07 Å². The summed E-state index contributed by atoms with van der Waals surface area (Å²) in [6.07, 6.45) is 1.39. The van der Waals surface area contributed by atoms with E-state index in [0.717, 1.165) is 0 Å². The number of hydrogen-bond acceptors (Lipinski definition) is 6. The summed E-state index contributed by atoms with van der Waals surface area (Å²) in [5.74, 6) is -1.45. The van der Waals surface area contributed by atoms with E-state index in [4.69, 9.17) is 21.1 Å². The van der Waals surface area contributed by atoms with Gasteiger partial charge in [0.05, 0.1) is 12.6 Å². The average Bonchev–Trinajstić information content (AvgIpc) is 2.67. The molecule has 7 nitrogen and oxygen atoms in total. The second kappa shape index (κ2) is 10.00. The van der Waals surface area contributed by atoms with Crippen LogP contribution in [0, 0.1) is 11.3 Å². The third kappa shape index (κ3) is 6.04. The zero-order valence-corrected chi connectivity index (χ0v) is 15.7. The van der Waals surface area contributed by atoms with Crippen LogP contribution in [0.5, 0.6) is 11.5 Å². The number of anilines is 1. The third-order valence-corrected chi connectivity index (χ3v) is 3.64. The van der Waals surface area contributed by atoms with Crippen molar-refractivity contribution in [2.45, 2.75) is 6.92 Å². The van der Waals surface area contributed by atoms with Gasteiger partial charge in [0.15, 0.2) is 11.5 Å². The first-order valence-electron chi connectivity index (χ1n) is 8.21. The standard InChI is InChI=1S/C20H17ClN2O5/c1-2-27-18-10-13(3-8-17(18)28-12-19(24)25)9-14(11-22)20(26)23-16-6-4-15(21)5-7-16/h3-10H,2,12H2,1H3,(H,23,26)(H,24,25)/p-1/b14-9-. The van der Waals surface area contributed by atoms with Crippen molar-refractivity contribution in [1.82, 2.24) is 0 Å². The summed E-state index contributed by atoms with van der Waals surface area (Å²) in [4.78, 5) is 22.9. The molecule has 144 valence electrons. The number of nitriles is 1. The van der Waals surface area contributed by atoms with Crippen molar-refractivity contribution in [1.29, 1.82) is 5.26 Å². The number of nitrogens with zero attached hydrogens (tertiary/aromatic N) is 1. The Bertz CT molecular complexity index is 933. The topological polar surface area (TPSA) is 111 Å². The molecule has 2 aromatic carbocycles. The van der Waals surface area contributed by atoms with Crippen LogP contribution in [0.4, 0.5) is 5.69 Å². The molecule has 0 bridgehead atoms. The molecule has 0 saturated heterocycles. The summed E-state index contributed by atoms with van der Waals surface area (Å²) in [6.45, 7) is 1.45. The van der Waals surface area contributed by atoms with Crippen LogP contribution in [0.25, 0.3) is 6.08 Å². The van der Waals surface area contributed by atoms with E-state index < -0.39 is 18.5 Å². The van der Waals surface area contributed by atoms with E-state index in [1.54, 1.807) is 43.3 Å². The molecule has 1 N–H and O–H groups in total. The van der Waals surface area contributed by atoms with Gasteiger partial charge in [0.1, 0.15) is 18.2 Å². The van der Waals surface area contributed by atoms with Gasteiger partial charge < -0.3 is 24.7 Å². The van der Waals surface area contributed by atoms with E-state index >= 15 is 0 Å². The number of benzene rings is 2. The molecule has 0 heterocycles. The minimum Gasteiger partial charge on any atom is -0.546 e. The van der Waals surface area contributed by atoms with E-state index in [2.05, 4.69) is 5.32 Å². The molecule has 0 radical (unpaired) electrons. The Balaban J connectivity index is 2.23. The van der Waals surface area contributed by atoms with Gasteiger partial charge in [-0.3, -0.25) is 4.79 Å². The maximum absolute atomic E-state index is 12.3. The lowest BCUT2D eigenvalue weighted by atomic mass is 10.1. The number of ether oxygens (including phenoxy) is 2. The van der Waals surface area contributed by atoms with Gasteiger partial charge in [-0.25, -0.2) is 0 Å². The highest BCUT2D eigenvalue weighted by molar-refractivity contribution is 6.30. The van der Waals surface area contributed by atoms with Crippen molar-refractivity contribution in [3.05, 3.63) is 58.6 Å². The molecule has 0 fully saturated rings. The first-order valence-corrected chi connectivity index (χ1v) is 8.59. The molecule has 2 rings (SSSR count). The number of carboxylic acids is 1. The predicted octanol–water partition coefficient (Wildman–Crippen LogP) is 2.41. The Labute approximate surface area is 166 Å². The van der Waals surface area contributed by atoms with E-state index in [0.29, 0.717) is 22.9 Å².